The quantitative estimate of drug-likeness (QED) is 0.859. The minimum absolute atomic E-state index is 0.0000132. The molecule has 146 valence electrons. The third kappa shape index (κ3) is 3.51. The SMILES string of the molecule is CC(=O)N1CCc2c(nc([C@@H]3CCCCN3C(=O)C3CCCC3)[nH]c2=O)C1. The van der Waals surface area contributed by atoms with Crippen LogP contribution in [0.15, 0.2) is 4.79 Å². The highest BCUT2D eigenvalue weighted by atomic mass is 16.2. The standard InChI is InChI=1S/C20H28N4O3/c1-13(25)23-11-9-15-16(12-23)21-18(22-19(15)26)17-8-4-5-10-24(17)20(27)14-6-2-3-7-14/h14,17H,2-12H2,1H3,(H,21,22,26)/t17-/m0/s1. The Balaban J connectivity index is 1.63. The summed E-state index contributed by atoms with van der Waals surface area (Å²) in [6.07, 6.45) is 7.60. The van der Waals surface area contributed by atoms with E-state index >= 15 is 0 Å². The maximum Gasteiger partial charge on any atom is 0.254 e. The normalized spacial score (nSPS) is 23.4. The molecule has 1 atom stereocenters. The minimum atomic E-state index is -0.155. The van der Waals surface area contributed by atoms with Crippen LogP contribution in [-0.2, 0) is 22.6 Å². The number of hydrogen-bond donors (Lipinski definition) is 1. The molecular weight excluding hydrogens is 344 g/mol. The number of likely N-dealkylation sites (tertiary alicyclic amines) is 1. The van der Waals surface area contributed by atoms with E-state index in [1.807, 2.05) is 4.90 Å². The Morgan fingerprint density at radius 2 is 1.81 bits per heavy atom. The van der Waals surface area contributed by atoms with Gasteiger partial charge in [-0.25, -0.2) is 4.98 Å². The fourth-order valence-corrected chi connectivity index (χ4v) is 4.77. The Hall–Kier alpha value is -2.18. The number of H-pyrrole nitrogens is 1. The van der Waals surface area contributed by atoms with Crippen molar-refractivity contribution in [3.8, 4) is 0 Å². The summed E-state index contributed by atoms with van der Waals surface area (Å²) in [6.45, 7) is 3.22. The van der Waals surface area contributed by atoms with Gasteiger partial charge in [0.25, 0.3) is 5.56 Å². The zero-order valence-corrected chi connectivity index (χ0v) is 16.0. The van der Waals surface area contributed by atoms with Crippen molar-refractivity contribution in [2.45, 2.75) is 70.9 Å². The van der Waals surface area contributed by atoms with Crippen molar-refractivity contribution in [2.75, 3.05) is 13.1 Å². The first-order valence-corrected chi connectivity index (χ1v) is 10.2. The first kappa shape index (κ1) is 18.2. The van der Waals surface area contributed by atoms with E-state index in [0.29, 0.717) is 36.6 Å². The molecule has 1 N–H and O–H groups in total. The smallest absolute Gasteiger partial charge is 0.254 e. The third-order valence-electron chi connectivity index (χ3n) is 6.34. The van der Waals surface area contributed by atoms with E-state index in [9.17, 15) is 14.4 Å². The first-order chi connectivity index (χ1) is 13.0. The van der Waals surface area contributed by atoms with Gasteiger partial charge in [0.15, 0.2) is 0 Å². The van der Waals surface area contributed by atoms with Gasteiger partial charge in [0.1, 0.15) is 5.82 Å². The summed E-state index contributed by atoms with van der Waals surface area (Å²) < 4.78 is 0. The molecule has 0 aromatic carbocycles. The summed E-state index contributed by atoms with van der Waals surface area (Å²) in [6, 6.07) is -0.155. The van der Waals surface area contributed by atoms with E-state index in [1.54, 1.807) is 11.8 Å². The maximum absolute atomic E-state index is 13.1. The summed E-state index contributed by atoms with van der Waals surface area (Å²) in [5.41, 5.74) is 1.26. The Bertz CT molecular complexity index is 797. The van der Waals surface area contributed by atoms with Crippen LogP contribution in [0.5, 0.6) is 0 Å². The molecule has 27 heavy (non-hydrogen) atoms. The molecule has 1 aliphatic carbocycles. The molecular formula is C20H28N4O3. The zero-order valence-electron chi connectivity index (χ0n) is 16.0. The van der Waals surface area contributed by atoms with Gasteiger partial charge >= 0.3 is 0 Å². The molecule has 3 heterocycles. The van der Waals surface area contributed by atoms with Gasteiger partial charge < -0.3 is 14.8 Å². The summed E-state index contributed by atoms with van der Waals surface area (Å²) >= 11 is 0. The van der Waals surface area contributed by atoms with E-state index in [1.165, 1.54) is 0 Å². The zero-order chi connectivity index (χ0) is 19.0. The molecule has 1 saturated heterocycles. The molecule has 0 radical (unpaired) electrons. The first-order valence-electron chi connectivity index (χ1n) is 10.2. The van der Waals surface area contributed by atoms with Crippen LogP contribution in [-0.4, -0.2) is 44.7 Å². The number of piperidine rings is 1. The van der Waals surface area contributed by atoms with Gasteiger partial charge in [0.05, 0.1) is 18.3 Å². The lowest BCUT2D eigenvalue weighted by Gasteiger charge is -2.37. The topological polar surface area (TPSA) is 86.4 Å². The molecule has 1 aromatic rings. The molecule has 1 saturated carbocycles. The van der Waals surface area contributed by atoms with Crippen LogP contribution in [0.1, 0.15) is 75.0 Å². The summed E-state index contributed by atoms with van der Waals surface area (Å²) in [5.74, 6) is 0.946. The van der Waals surface area contributed by atoms with Crippen molar-refractivity contribution in [1.82, 2.24) is 19.8 Å². The van der Waals surface area contributed by atoms with E-state index in [0.717, 1.165) is 51.5 Å². The number of nitrogens with zero attached hydrogens (tertiary/aromatic N) is 3. The number of fused-ring (bicyclic) bond motifs is 1. The number of aromatic nitrogens is 2. The maximum atomic E-state index is 13.1. The van der Waals surface area contributed by atoms with Crippen molar-refractivity contribution < 1.29 is 9.59 Å². The number of rotatable bonds is 2. The van der Waals surface area contributed by atoms with Crippen LogP contribution in [0.2, 0.25) is 0 Å². The fourth-order valence-electron chi connectivity index (χ4n) is 4.77. The van der Waals surface area contributed by atoms with Crippen LogP contribution in [0.4, 0.5) is 0 Å². The molecule has 2 aliphatic heterocycles. The highest BCUT2D eigenvalue weighted by Crippen LogP contribution is 2.34. The molecule has 7 nitrogen and oxygen atoms in total. The summed E-state index contributed by atoms with van der Waals surface area (Å²) in [4.78, 5) is 48.8. The number of carbonyl (C=O) groups excluding carboxylic acids is 2. The second-order valence-corrected chi connectivity index (χ2v) is 8.09. The van der Waals surface area contributed by atoms with Gasteiger partial charge in [0, 0.05) is 31.5 Å². The van der Waals surface area contributed by atoms with Crippen LogP contribution in [0.25, 0.3) is 0 Å². The predicted molar refractivity (Wildman–Crippen MR) is 99.9 cm³/mol. The Kier molecular flexibility index (Phi) is 5.02. The third-order valence-corrected chi connectivity index (χ3v) is 6.34. The van der Waals surface area contributed by atoms with Gasteiger partial charge in [-0.1, -0.05) is 12.8 Å². The molecule has 0 unspecified atom stereocenters. The van der Waals surface area contributed by atoms with Gasteiger partial charge in [-0.3, -0.25) is 14.4 Å². The summed E-state index contributed by atoms with van der Waals surface area (Å²) in [5, 5.41) is 0. The molecule has 2 amide bonds. The van der Waals surface area contributed by atoms with Crippen LogP contribution in [0, 0.1) is 5.92 Å². The number of carbonyl (C=O) groups is 2. The van der Waals surface area contributed by atoms with E-state index < -0.39 is 0 Å². The Morgan fingerprint density at radius 3 is 2.56 bits per heavy atom. The second-order valence-electron chi connectivity index (χ2n) is 8.09. The van der Waals surface area contributed by atoms with Crippen molar-refractivity contribution in [1.29, 1.82) is 0 Å². The lowest BCUT2D eigenvalue weighted by atomic mass is 9.97. The van der Waals surface area contributed by atoms with Gasteiger partial charge in [-0.05, 0) is 38.5 Å². The number of nitrogens with one attached hydrogen (secondary N) is 1. The lowest BCUT2D eigenvalue weighted by molar-refractivity contribution is -0.139. The lowest BCUT2D eigenvalue weighted by Crippen LogP contribution is -2.43. The average Bonchev–Trinajstić information content (AvgIpc) is 3.21. The van der Waals surface area contributed by atoms with Crippen molar-refractivity contribution in [3.05, 3.63) is 27.4 Å². The molecule has 3 aliphatic rings. The van der Waals surface area contributed by atoms with Crippen LogP contribution < -0.4 is 5.56 Å². The molecule has 0 spiro atoms. The number of aromatic amines is 1. The Labute approximate surface area is 159 Å². The average molecular weight is 372 g/mol. The minimum Gasteiger partial charge on any atom is -0.337 e. The fraction of sp³-hybridized carbons (Fsp3) is 0.700. The van der Waals surface area contributed by atoms with E-state index in [4.69, 9.17) is 4.98 Å². The predicted octanol–water partition coefficient (Wildman–Crippen LogP) is 1.92. The summed E-state index contributed by atoms with van der Waals surface area (Å²) in [7, 11) is 0. The van der Waals surface area contributed by atoms with Gasteiger partial charge in [-0.15, -0.1) is 0 Å². The van der Waals surface area contributed by atoms with Crippen molar-refractivity contribution in [3.63, 3.8) is 0 Å². The highest BCUT2D eigenvalue weighted by molar-refractivity contribution is 5.79. The molecule has 7 heteroatoms. The van der Waals surface area contributed by atoms with E-state index in [2.05, 4.69) is 4.98 Å². The Morgan fingerprint density at radius 1 is 1.07 bits per heavy atom. The number of hydrogen-bond acceptors (Lipinski definition) is 4. The molecule has 0 bridgehead atoms. The van der Waals surface area contributed by atoms with Crippen molar-refractivity contribution >= 4 is 11.8 Å². The monoisotopic (exact) mass is 372 g/mol. The van der Waals surface area contributed by atoms with Gasteiger partial charge in [-0.2, -0.15) is 0 Å². The molecule has 4 rings (SSSR count). The highest BCUT2D eigenvalue weighted by Gasteiger charge is 2.35. The van der Waals surface area contributed by atoms with Crippen molar-refractivity contribution in [2.24, 2.45) is 5.92 Å². The van der Waals surface area contributed by atoms with E-state index in [-0.39, 0.29) is 29.3 Å². The van der Waals surface area contributed by atoms with Crippen LogP contribution >= 0.6 is 0 Å². The largest absolute Gasteiger partial charge is 0.337 e. The number of amides is 2. The second kappa shape index (κ2) is 7.44. The molecule has 2 fully saturated rings. The van der Waals surface area contributed by atoms with Gasteiger partial charge in [0.2, 0.25) is 11.8 Å². The molecule has 1 aromatic heterocycles. The van der Waals surface area contributed by atoms with Crippen LogP contribution in [0.3, 0.4) is 0 Å².